The molecule has 0 atom stereocenters. The van der Waals surface area contributed by atoms with E-state index in [4.69, 9.17) is 5.84 Å². The van der Waals surface area contributed by atoms with Gasteiger partial charge in [-0.25, -0.2) is 10.8 Å². The molecule has 1 heterocycles. The molecule has 1 aromatic rings. The molecule has 0 aliphatic carbocycles. The van der Waals surface area contributed by atoms with Gasteiger partial charge in [-0.15, -0.1) is 0 Å². The predicted octanol–water partition coefficient (Wildman–Crippen LogP) is 0.447. The maximum atomic E-state index is 10.8. The SMILES string of the molecule is NNC(=O)CCCCCSc1ncn[nH]1. The third kappa shape index (κ3) is 5.38. The van der Waals surface area contributed by atoms with Crippen LogP contribution in [0.2, 0.25) is 0 Å². The van der Waals surface area contributed by atoms with Crippen LogP contribution in [0, 0.1) is 0 Å². The van der Waals surface area contributed by atoms with E-state index < -0.39 is 0 Å². The molecule has 6 nitrogen and oxygen atoms in total. The van der Waals surface area contributed by atoms with Crippen molar-refractivity contribution in [2.75, 3.05) is 5.75 Å². The fourth-order valence-corrected chi connectivity index (χ4v) is 1.85. The number of hydrogen-bond acceptors (Lipinski definition) is 5. The standard InChI is InChI=1S/C8H15N5OS/c9-12-7(14)4-2-1-3-5-15-8-10-6-11-13-8/h6H,1-5,9H2,(H,12,14)(H,10,11,13). The van der Waals surface area contributed by atoms with Gasteiger partial charge in [0.05, 0.1) is 0 Å². The number of unbranched alkanes of at least 4 members (excludes halogenated alkanes) is 2. The van der Waals surface area contributed by atoms with Crippen molar-refractivity contribution in [1.29, 1.82) is 0 Å². The molecule has 0 radical (unpaired) electrons. The molecular formula is C8H15N5OS. The minimum Gasteiger partial charge on any atom is -0.294 e. The third-order valence-corrected chi connectivity index (χ3v) is 2.80. The summed E-state index contributed by atoms with van der Waals surface area (Å²) in [4.78, 5) is 14.8. The van der Waals surface area contributed by atoms with E-state index in [1.165, 1.54) is 6.33 Å². The summed E-state index contributed by atoms with van der Waals surface area (Å²) in [5, 5.41) is 7.37. The maximum Gasteiger partial charge on any atom is 0.233 e. The average Bonchev–Trinajstić information content (AvgIpc) is 2.75. The number of thioether (sulfide) groups is 1. The molecule has 0 aliphatic heterocycles. The smallest absolute Gasteiger partial charge is 0.233 e. The molecule has 0 saturated heterocycles. The van der Waals surface area contributed by atoms with Crippen molar-refractivity contribution in [2.24, 2.45) is 5.84 Å². The van der Waals surface area contributed by atoms with E-state index in [-0.39, 0.29) is 5.91 Å². The highest BCUT2D eigenvalue weighted by Crippen LogP contribution is 2.13. The molecule has 15 heavy (non-hydrogen) atoms. The Morgan fingerprint density at radius 3 is 3.07 bits per heavy atom. The predicted molar refractivity (Wildman–Crippen MR) is 57.9 cm³/mol. The summed E-state index contributed by atoms with van der Waals surface area (Å²) in [6.07, 6.45) is 4.95. The molecule has 0 unspecified atom stereocenters. The molecular weight excluding hydrogens is 214 g/mol. The fraction of sp³-hybridized carbons (Fsp3) is 0.625. The zero-order chi connectivity index (χ0) is 10.9. The number of aromatic amines is 1. The highest BCUT2D eigenvalue weighted by Gasteiger charge is 1.99. The zero-order valence-electron chi connectivity index (χ0n) is 8.40. The van der Waals surface area contributed by atoms with Gasteiger partial charge in [-0.3, -0.25) is 15.3 Å². The maximum absolute atomic E-state index is 10.8. The summed E-state index contributed by atoms with van der Waals surface area (Å²) >= 11 is 1.64. The molecule has 4 N–H and O–H groups in total. The first-order chi connectivity index (χ1) is 7.33. The Balaban J connectivity index is 1.91. The normalized spacial score (nSPS) is 10.2. The summed E-state index contributed by atoms with van der Waals surface area (Å²) in [7, 11) is 0. The van der Waals surface area contributed by atoms with E-state index in [1.54, 1.807) is 11.8 Å². The molecule has 0 fully saturated rings. The van der Waals surface area contributed by atoms with Gasteiger partial charge in [0.1, 0.15) is 6.33 Å². The Morgan fingerprint density at radius 2 is 2.40 bits per heavy atom. The molecule has 0 aliphatic rings. The van der Waals surface area contributed by atoms with E-state index in [2.05, 4.69) is 20.6 Å². The van der Waals surface area contributed by atoms with Crippen LogP contribution in [-0.2, 0) is 4.79 Å². The third-order valence-electron chi connectivity index (χ3n) is 1.84. The number of nitrogens with zero attached hydrogens (tertiary/aromatic N) is 2. The van der Waals surface area contributed by atoms with Crippen LogP contribution < -0.4 is 11.3 Å². The lowest BCUT2D eigenvalue weighted by Gasteiger charge is -1.99. The van der Waals surface area contributed by atoms with Crippen LogP contribution in [0.15, 0.2) is 11.5 Å². The molecule has 7 heteroatoms. The lowest BCUT2D eigenvalue weighted by atomic mass is 10.2. The van der Waals surface area contributed by atoms with Gasteiger partial charge >= 0.3 is 0 Å². The van der Waals surface area contributed by atoms with Crippen LogP contribution in [0.1, 0.15) is 25.7 Å². The first-order valence-electron chi connectivity index (χ1n) is 4.80. The summed E-state index contributed by atoms with van der Waals surface area (Å²) < 4.78 is 0. The lowest BCUT2D eigenvalue weighted by molar-refractivity contribution is -0.121. The second-order valence-corrected chi connectivity index (χ2v) is 4.10. The molecule has 1 rings (SSSR count). The number of nitrogens with two attached hydrogens (primary N) is 1. The Bertz CT molecular complexity index is 277. The van der Waals surface area contributed by atoms with Crippen molar-refractivity contribution in [3.8, 4) is 0 Å². The lowest BCUT2D eigenvalue weighted by Crippen LogP contribution is -2.29. The number of carbonyl (C=O) groups is 1. The second kappa shape index (κ2) is 7.24. The quantitative estimate of drug-likeness (QED) is 0.207. The van der Waals surface area contributed by atoms with Gasteiger partial charge in [0, 0.05) is 12.2 Å². The van der Waals surface area contributed by atoms with Crippen LogP contribution in [0.4, 0.5) is 0 Å². The summed E-state index contributed by atoms with van der Waals surface area (Å²) in [6.45, 7) is 0. The van der Waals surface area contributed by atoms with Gasteiger partial charge < -0.3 is 0 Å². The minimum absolute atomic E-state index is 0.0992. The Kier molecular flexibility index (Phi) is 5.79. The molecule has 0 aromatic carbocycles. The summed E-state index contributed by atoms with van der Waals surface area (Å²) in [5.41, 5.74) is 2.11. The fourth-order valence-electron chi connectivity index (χ4n) is 1.07. The van der Waals surface area contributed by atoms with Crippen LogP contribution in [0.25, 0.3) is 0 Å². The molecule has 0 saturated carbocycles. The number of nitrogens with one attached hydrogen (secondary N) is 2. The van der Waals surface area contributed by atoms with E-state index in [0.29, 0.717) is 6.42 Å². The van der Waals surface area contributed by atoms with Gasteiger partial charge in [-0.1, -0.05) is 18.2 Å². The van der Waals surface area contributed by atoms with Crippen LogP contribution in [0.5, 0.6) is 0 Å². The summed E-state index contributed by atoms with van der Waals surface area (Å²) in [6, 6.07) is 0. The van der Waals surface area contributed by atoms with Gasteiger partial charge in [0.2, 0.25) is 5.91 Å². The minimum atomic E-state index is -0.0992. The largest absolute Gasteiger partial charge is 0.294 e. The van der Waals surface area contributed by atoms with E-state index in [9.17, 15) is 4.79 Å². The van der Waals surface area contributed by atoms with Gasteiger partial charge in [-0.05, 0) is 12.8 Å². The van der Waals surface area contributed by atoms with Crippen LogP contribution >= 0.6 is 11.8 Å². The van der Waals surface area contributed by atoms with Gasteiger partial charge in [-0.2, -0.15) is 5.10 Å². The topological polar surface area (TPSA) is 96.7 Å². The number of H-pyrrole nitrogens is 1. The van der Waals surface area contributed by atoms with Crippen molar-refractivity contribution in [3.05, 3.63) is 6.33 Å². The van der Waals surface area contributed by atoms with Crippen molar-refractivity contribution < 1.29 is 4.79 Å². The molecule has 0 bridgehead atoms. The average molecular weight is 229 g/mol. The Morgan fingerprint density at radius 1 is 1.53 bits per heavy atom. The number of rotatable bonds is 7. The molecule has 1 amide bonds. The Hall–Kier alpha value is -1.08. The van der Waals surface area contributed by atoms with E-state index in [0.717, 1.165) is 30.2 Å². The van der Waals surface area contributed by atoms with E-state index >= 15 is 0 Å². The molecule has 84 valence electrons. The number of hydrazine groups is 1. The van der Waals surface area contributed by atoms with Crippen molar-refractivity contribution >= 4 is 17.7 Å². The Labute approximate surface area is 92.4 Å². The second-order valence-electron chi connectivity index (χ2n) is 3.02. The van der Waals surface area contributed by atoms with Crippen molar-refractivity contribution in [3.63, 3.8) is 0 Å². The van der Waals surface area contributed by atoms with Crippen LogP contribution in [-0.4, -0.2) is 26.8 Å². The highest BCUT2D eigenvalue weighted by molar-refractivity contribution is 7.99. The molecule has 1 aromatic heterocycles. The number of amides is 1. The molecule has 0 spiro atoms. The number of aromatic nitrogens is 3. The van der Waals surface area contributed by atoms with Gasteiger partial charge in [0.15, 0.2) is 5.16 Å². The highest BCUT2D eigenvalue weighted by atomic mass is 32.2. The summed E-state index contributed by atoms with van der Waals surface area (Å²) in [5.74, 6) is 5.84. The van der Waals surface area contributed by atoms with E-state index in [1.807, 2.05) is 0 Å². The van der Waals surface area contributed by atoms with Crippen molar-refractivity contribution in [1.82, 2.24) is 20.6 Å². The monoisotopic (exact) mass is 229 g/mol. The van der Waals surface area contributed by atoms with Gasteiger partial charge in [0.25, 0.3) is 0 Å². The van der Waals surface area contributed by atoms with Crippen molar-refractivity contribution in [2.45, 2.75) is 30.8 Å². The first-order valence-corrected chi connectivity index (χ1v) is 5.79. The number of hydrogen-bond donors (Lipinski definition) is 3. The zero-order valence-corrected chi connectivity index (χ0v) is 9.22. The number of carbonyl (C=O) groups excluding carboxylic acids is 1. The van der Waals surface area contributed by atoms with Crippen LogP contribution in [0.3, 0.4) is 0 Å². The first kappa shape index (κ1) is 12.0.